The van der Waals surface area contributed by atoms with Gasteiger partial charge >= 0.3 is 0 Å². The number of hydrogen-bond donors (Lipinski definition) is 2. The first-order valence-corrected chi connectivity index (χ1v) is 12.4. The summed E-state index contributed by atoms with van der Waals surface area (Å²) < 4.78 is 2.51. The predicted octanol–water partition coefficient (Wildman–Crippen LogP) is 7.79. The average Bonchev–Trinajstić information content (AvgIpc) is 3.56. The first kappa shape index (κ1) is 19.1. The van der Waals surface area contributed by atoms with Crippen molar-refractivity contribution < 1.29 is 0 Å². The fourth-order valence-electron chi connectivity index (χ4n) is 5.44. The molecule has 8 rings (SSSR count). The van der Waals surface area contributed by atoms with Crippen LogP contribution in [0.4, 0.5) is 0 Å². The van der Waals surface area contributed by atoms with Gasteiger partial charge in [-0.25, -0.2) is 9.97 Å². The molecule has 0 saturated carbocycles. The van der Waals surface area contributed by atoms with Crippen molar-refractivity contribution in [2.75, 3.05) is 0 Å². The van der Waals surface area contributed by atoms with Crippen LogP contribution in [0.3, 0.4) is 0 Å². The van der Waals surface area contributed by atoms with E-state index in [1.165, 1.54) is 31.3 Å². The van der Waals surface area contributed by atoms with Gasteiger partial charge in [0.1, 0.15) is 17.2 Å². The summed E-state index contributed by atoms with van der Waals surface area (Å²) in [5.74, 6) is 1.86. The van der Waals surface area contributed by atoms with Crippen molar-refractivity contribution in [1.82, 2.24) is 24.9 Å². The number of benzene rings is 4. The third kappa shape index (κ3) is 2.60. The average molecular weight is 470 g/mol. The van der Waals surface area contributed by atoms with Crippen LogP contribution in [-0.2, 0) is 0 Å². The first-order chi connectivity index (χ1) is 17.1. The van der Waals surface area contributed by atoms with Gasteiger partial charge in [0.05, 0.1) is 26.8 Å². The Labute approximate surface area is 203 Å². The predicted molar refractivity (Wildman–Crippen MR) is 146 cm³/mol. The minimum atomic E-state index is 0.915. The Hall–Kier alpha value is -4.29. The molecule has 8 aromatic rings. The van der Waals surface area contributed by atoms with E-state index < -0.39 is 0 Å². The number of imidazole rings is 2. The lowest BCUT2D eigenvalue weighted by Crippen LogP contribution is -1.86. The van der Waals surface area contributed by atoms with E-state index in [9.17, 15) is 0 Å². The Kier molecular flexibility index (Phi) is 3.62. The Morgan fingerprint density at radius 2 is 1.43 bits per heavy atom. The van der Waals surface area contributed by atoms with E-state index in [2.05, 4.69) is 64.6 Å². The normalized spacial score (nSPS) is 12.3. The second-order valence-electron chi connectivity index (χ2n) is 9.18. The SMILES string of the molecule is Cc1nc2c(ccc3c4ccc(-c5ccc6c(c5)c5ncccc5c5nc(C)[nH]c65)cc4sc32)[nH]1. The molecule has 0 aliphatic carbocycles. The molecule has 0 spiro atoms. The standard InChI is InChI=1S/C29H19N5S/c1-14-31-23-10-9-20-18-7-5-17(13-24(18)35-29(20)28(23)34-14)16-6-8-19-22(12-16)25-21(4-3-11-30-25)27-26(19)32-15(2)33-27/h3-13H,1-2H3,(H,31,34)(H,32,33). The molecule has 4 heterocycles. The van der Waals surface area contributed by atoms with Gasteiger partial charge in [-0.2, -0.15) is 0 Å². The van der Waals surface area contributed by atoms with Gasteiger partial charge in [-0.15, -0.1) is 11.3 Å². The van der Waals surface area contributed by atoms with E-state index in [4.69, 9.17) is 15.0 Å². The van der Waals surface area contributed by atoms with Gasteiger partial charge in [0, 0.05) is 37.8 Å². The summed E-state index contributed by atoms with van der Waals surface area (Å²) in [6, 6.07) is 21.9. The number of H-pyrrole nitrogens is 2. The molecule has 166 valence electrons. The van der Waals surface area contributed by atoms with Gasteiger partial charge in [0.2, 0.25) is 0 Å². The number of hydrogen-bond acceptors (Lipinski definition) is 4. The number of thiophene rings is 1. The van der Waals surface area contributed by atoms with Gasteiger partial charge < -0.3 is 9.97 Å². The summed E-state index contributed by atoms with van der Waals surface area (Å²) in [6.07, 6.45) is 1.86. The van der Waals surface area contributed by atoms with Crippen molar-refractivity contribution in [3.63, 3.8) is 0 Å². The van der Waals surface area contributed by atoms with Crippen molar-refractivity contribution in [3.05, 3.63) is 78.5 Å². The molecule has 0 bridgehead atoms. The van der Waals surface area contributed by atoms with E-state index in [1.54, 1.807) is 0 Å². The molecular formula is C29H19N5S. The van der Waals surface area contributed by atoms with Crippen LogP contribution in [0.1, 0.15) is 11.6 Å². The van der Waals surface area contributed by atoms with Crippen LogP contribution in [0.25, 0.3) is 75.0 Å². The smallest absolute Gasteiger partial charge is 0.106 e. The van der Waals surface area contributed by atoms with Crippen LogP contribution in [0.2, 0.25) is 0 Å². The van der Waals surface area contributed by atoms with Gasteiger partial charge in [-0.1, -0.05) is 30.3 Å². The van der Waals surface area contributed by atoms with Gasteiger partial charge in [-0.05, 0) is 55.3 Å². The highest BCUT2D eigenvalue weighted by Gasteiger charge is 2.15. The monoisotopic (exact) mass is 469 g/mol. The summed E-state index contributed by atoms with van der Waals surface area (Å²) in [5.41, 5.74) is 7.58. The minimum absolute atomic E-state index is 0.915. The molecule has 35 heavy (non-hydrogen) atoms. The fourth-order valence-corrected chi connectivity index (χ4v) is 6.67. The van der Waals surface area contributed by atoms with Crippen LogP contribution >= 0.6 is 11.3 Å². The molecule has 0 aliphatic heterocycles. The van der Waals surface area contributed by atoms with E-state index in [1.807, 2.05) is 37.4 Å². The summed E-state index contributed by atoms with van der Waals surface area (Å²) >= 11 is 1.82. The second-order valence-corrected chi connectivity index (χ2v) is 10.2. The highest BCUT2D eigenvalue weighted by Crippen LogP contribution is 2.40. The molecular weight excluding hydrogens is 450 g/mol. The molecule has 2 N–H and O–H groups in total. The number of aromatic nitrogens is 5. The fraction of sp³-hybridized carbons (Fsp3) is 0.0690. The van der Waals surface area contributed by atoms with Gasteiger partial charge in [-0.3, -0.25) is 4.98 Å². The zero-order valence-electron chi connectivity index (χ0n) is 19.1. The van der Waals surface area contributed by atoms with E-state index in [0.29, 0.717) is 0 Å². The number of nitrogens with one attached hydrogen (secondary N) is 2. The molecule has 6 heteroatoms. The Morgan fingerprint density at radius 1 is 0.657 bits per heavy atom. The molecule has 0 fully saturated rings. The van der Waals surface area contributed by atoms with Crippen molar-refractivity contribution in [3.8, 4) is 11.1 Å². The lowest BCUT2D eigenvalue weighted by atomic mass is 9.97. The quantitative estimate of drug-likeness (QED) is 0.241. The van der Waals surface area contributed by atoms with Crippen LogP contribution in [-0.4, -0.2) is 24.9 Å². The lowest BCUT2D eigenvalue weighted by Gasteiger charge is -2.08. The maximum absolute atomic E-state index is 4.75. The van der Waals surface area contributed by atoms with Crippen LogP contribution in [0.5, 0.6) is 0 Å². The largest absolute Gasteiger partial charge is 0.342 e. The third-order valence-electron chi connectivity index (χ3n) is 6.97. The van der Waals surface area contributed by atoms with Crippen LogP contribution < -0.4 is 0 Å². The molecule has 0 atom stereocenters. The maximum atomic E-state index is 4.75. The van der Waals surface area contributed by atoms with E-state index in [-0.39, 0.29) is 0 Å². The highest BCUT2D eigenvalue weighted by atomic mass is 32.1. The summed E-state index contributed by atoms with van der Waals surface area (Å²) in [7, 11) is 0. The summed E-state index contributed by atoms with van der Waals surface area (Å²) in [5, 5.41) is 5.91. The van der Waals surface area contributed by atoms with Gasteiger partial charge in [0.15, 0.2) is 0 Å². The Bertz CT molecular complexity index is 2140. The molecule has 0 aliphatic rings. The topological polar surface area (TPSA) is 70.2 Å². The zero-order valence-corrected chi connectivity index (χ0v) is 19.9. The minimum Gasteiger partial charge on any atom is -0.342 e. The molecule has 5 nitrogen and oxygen atoms in total. The number of rotatable bonds is 1. The number of nitrogens with zero attached hydrogens (tertiary/aromatic N) is 3. The molecule has 4 aromatic carbocycles. The first-order valence-electron chi connectivity index (χ1n) is 11.6. The number of aryl methyl sites for hydroxylation is 2. The van der Waals surface area contributed by atoms with E-state index >= 15 is 0 Å². The number of fused-ring (bicyclic) bond motifs is 11. The molecule has 4 aromatic heterocycles. The number of pyridine rings is 1. The van der Waals surface area contributed by atoms with Crippen molar-refractivity contribution in [2.45, 2.75) is 13.8 Å². The Balaban J connectivity index is 1.39. The number of aromatic amines is 2. The molecule has 0 radical (unpaired) electrons. The second kappa shape index (κ2) is 6.64. The highest BCUT2D eigenvalue weighted by molar-refractivity contribution is 7.26. The zero-order chi connectivity index (χ0) is 23.3. The maximum Gasteiger partial charge on any atom is 0.106 e. The molecule has 0 saturated heterocycles. The lowest BCUT2D eigenvalue weighted by molar-refractivity contribution is 1.17. The summed E-state index contributed by atoms with van der Waals surface area (Å²) in [4.78, 5) is 21.1. The van der Waals surface area contributed by atoms with Crippen LogP contribution in [0, 0.1) is 13.8 Å². The summed E-state index contributed by atoms with van der Waals surface area (Å²) in [6.45, 7) is 4.01. The van der Waals surface area contributed by atoms with Crippen molar-refractivity contribution in [1.29, 1.82) is 0 Å². The molecule has 0 unspecified atom stereocenters. The van der Waals surface area contributed by atoms with E-state index in [0.717, 1.165) is 55.4 Å². The van der Waals surface area contributed by atoms with Crippen molar-refractivity contribution >= 4 is 75.3 Å². The van der Waals surface area contributed by atoms with Crippen LogP contribution in [0.15, 0.2) is 66.9 Å². The Morgan fingerprint density at radius 3 is 2.34 bits per heavy atom. The third-order valence-corrected chi connectivity index (χ3v) is 8.15. The van der Waals surface area contributed by atoms with Crippen molar-refractivity contribution in [2.24, 2.45) is 0 Å². The molecule has 0 amide bonds. The van der Waals surface area contributed by atoms with Gasteiger partial charge in [0.25, 0.3) is 0 Å².